The van der Waals surface area contributed by atoms with E-state index < -0.39 is 17.2 Å². The molecule has 0 spiro atoms. The molecule has 6 heteroatoms. The third kappa shape index (κ3) is 2.72. The Labute approximate surface area is 109 Å². The Kier molecular flexibility index (Phi) is 3.26. The van der Waals surface area contributed by atoms with Crippen molar-refractivity contribution in [2.24, 2.45) is 0 Å². The molecule has 0 bridgehead atoms. The molecule has 102 valence electrons. The van der Waals surface area contributed by atoms with Gasteiger partial charge in [-0.25, -0.2) is 8.78 Å². The molecule has 2 amide bonds. The first-order valence-corrected chi connectivity index (χ1v) is 5.84. The molecule has 0 aromatic heterocycles. The van der Waals surface area contributed by atoms with E-state index in [2.05, 4.69) is 5.32 Å². The van der Waals surface area contributed by atoms with Crippen LogP contribution in [0, 0.1) is 11.6 Å². The number of piperazine rings is 1. The molecule has 0 aliphatic carbocycles. The van der Waals surface area contributed by atoms with Crippen molar-refractivity contribution in [2.75, 3.05) is 6.54 Å². The molecule has 0 radical (unpaired) electrons. The van der Waals surface area contributed by atoms with Gasteiger partial charge in [0.15, 0.2) is 0 Å². The van der Waals surface area contributed by atoms with Crippen molar-refractivity contribution in [1.82, 2.24) is 10.2 Å². The van der Waals surface area contributed by atoms with E-state index in [4.69, 9.17) is 0 Å². The molecule has 0 atom stereocenters. The predicted octanol–water partition coefficient (Wildman–Crippen LogP) is 1.20. The topological polar surface area (TPSA) is 49.4 Å². The second-order valence-electron chi connectivity index (χ2n) is 5.07. The van der Waals surface area contributed by atoms with Crippen LogP contribution < -0.4 is 5.32 Å². The molecule has 0 saturated carbocycles. The molecular formula is C13H14F2N2O2. The lowest BCUT2D eigenvalue weighted by Crippen LogP contribution is -2.63. The summed E-state index contributed by atoms with van der Waals surface area (Å²) in [5.74, 6) is -2.00. The Morgan fingerprint density at radius 2 is 2.00 bits per heavy atom. The summed E-state index contributed by atoms with van der Waals surface area (Å²) in [6.07, 6.45) is 0. The maximum Gasteiger partial charge on any atom is 0.248 e. The number of benzene rings is 1. The van der Waals surface area contributed by atoms with Crippen LogP contribution in [0.3, 0.4) is 0 Å². The SMILES string of the molecule is CC1(C)NC(=O)CN(Cc2ccc(F)cc2F)C1=O. The minimum absolute atomic E-state index is 0.0538. The van der Waals surface area contributed by atoms with Crippen molar-refractivity contribution in [3.8, 4) is 0 Å². The number of hydrogen-bond acceptors (Lipinski definition) is 2. The average molecular weight is 268 g/mol. The lowest BCUT2D eigenvalue weighted by atomic mass is 10.00. The van der Waals surface area contributed by atoms with Gasteiger partial charge in [0.1, 0.15) is 17.2 Å². The number of carbonyl (C=O) groups is 2. The Hall–Kier alpha value is -1.98. The molecule has 1 aromatic rings. The Morgan fingerprint density at radius 3 is 2.63 bits per heavy atom. The van der Waals surface area contributed by atoms with Crippen molar-refractivity contribution in [2.45, 2.75) is 25.9 Å². The molecule has 19 heavy (non-hydrogen) atoms. The molecule has 1 aliphatic rings. The quantitative estimate of drug-likeness (QED) is 0.876. The summed E-state index contributed by atoms with van der Waals surface area (Å²) < 4.78 is 26.3. The molecule has 2 rings (SSSR count). The van der Waals surface area contributed by atoms with E-state index >= 15 is 0 Å². The zero-order chi connectivity index (χ0) is 14.2. The van der Waals surface area contributed by atoms with Gasteiger partial charge in [-0.3, -0.25) is 9.59 Å². The van der Waals surface area contributed by atoms with E-state index in [1.807, 2.05) is 0 Å². The largest absolute Gasteiger partial charge is 0.341 e. The van der Waals surface area contributed by atoms with Gasteiger partial charge in [-0.05, 0) is 19.9 Å². The third-order valence-electron chi connectivity index (χ3n) is 2.98. The molecule has 1 N–H and O–H groups in total. The molecular weight excluding hydrogens is 254 g/mol. The summed E-state index contributed by atoms with van der Waals surface area (Å²) in [4.78, 5) is 24.9. The summed E-state index contributed by atoms with van der Waals surface area (Å²) >= 11 is 0. The molecule has 1 heterocycles. The number of nitrogens with one attached hydrogen (secondary N) is 1. The van der Waals surface area contributed by atoms with Crippen LogP contribution in [0.4, 0.5) is 8.78 Å². The lowest BCUT2D eigenvalue weighted by Gasteiger charge is -2.37. The number of hydrogen-bond donors (Lipinski definition) is 1. The van der Waals surface area contributed by atoms with Crippen LogP contribution in [-0.2, 0) is 16.1 Å². The molecule has 1 aliphatic heterocycles. The maximum absolute atomic E-state index is 13.5. The monoisotopic (exact) mass is 268 g/mol. The van der Waals surface area contributed by atoms with Gasteiger partial charge in [0.25, 0.3) is 0 Å². The highest BCUT2D eigenvalue weighted by atomic mass is 19.1. The zero-order valence-corrected chi connectivity index (χ0v) is 10.7. The van der Waals surface area contributed by atoms with Crippen molar-refractivity contribution in [1.29, 1.82) is 0 Å². The molecule has 1 fully saturated rings. The van der Waals surface area contributed by atoms with Crippen LogP contribution in [-0.4, -0.2) is 28.8 Å². The number of amides is 2. The van der Waals surface area contributed by atoms with E-state index in [0.29, 0.717) is 0 Å². The minimum atomic E-state index is -1.01. The van der Waals surface area contributed by atoms with Crippen LogP contribution in [0.2, 0.25) is 0 Å². The summed E-state index contributed by atoms with van der Waals surface area (Å²) in [5.41, 5.74) is -0.827. The summed E-state index contributed by atoms with van der Waals surface area (Å²) in [5, 5.41) is 2.56. The van der Waals surface area contributed by atoms with E-state index in [1.165, 1.54) is 11.0 Å². The number of halogens is 2. The van der Waals surface area contributed by atoms with Crippen LogP contribution in [0.15, 0.2) is 18.2 Å². The average Bonchev–Trinajstić information content (AvgIpc) is 2.28. The van der Waals surface area contributed by atoms with E-state index in [9.17, 15) is 18.4 Å². The van der Waals surface area contributed by atoms with E-state index in [-0.39, 0.29) is 30.5 Å². The van der Waals surface area contributed by atoms with Crippen LogP contribution in [0.5, 0.6) is 0 Å². The van der Waals surface area contributed by atoms with Gasteiger partial charge in [-0.1, -0.05) is 6.07 Å². The molecule has 4 nitrogen and oxygen atoms in total. The van der Waals surface area contributed by atoms with Gasteiger partial charge in [-0.15, -0.1) is 0 Å². The van der Waals surface area contributed by atoms with E-state index in [0.717, 1.165) is 12.1 Å². The van der Waals surface area contributed by atoms with Crippen molar-refractivity contribution in [3.05, 3.63) is 35.4 Å². The van der Waals surface area contributed by atoms with E-state index in [1.54, 1.807) is 13.8 Å². The highest BCUT2D eigenvalue weighted by Gasteiger charge is 2.39. The first-order chi connectivity index (χ1) is 8.79. The van der Waals surface area contributed by atoms with Crippen molar-refractivity contribution < 1.29 is 18.4 Å². The van der Waals surface area contributed by atoms with Gasteiger partial charge in [-0.2, -0.15) is 0 Å². The summed E-state index contributed by atoms with van der Waals surface area (Å²) in [6, 6.07) is 3.16. The second-order valence-corrected chi connectivity index (χ2v) is 5.07. The maximum atomic E-state index is 13.5. The fraction of sp³-hybridized carbons (Fsp3) is 0.385. The van der Waals surface area contributed by atoms with Crippen molar-refractivity contribution >= 4 is 11.8 Å². The minimum Gasteiger partial charge on any atom is -0.341 e. The van der Waals surface area contributed by atoms with Crippen LogP contribution >= 0.6 is 0 Å². The Bertz CT molecular complexity index is 543. The zero-order valence-electron chi connectivity index (χ0n) is 10.7. The van der Waals surface area contributed by atoms with Gasteiger partial charge in [0.05, 0.1) is 6.54 Å². The Balaban J connectivity index is 2.22. The van der Waals surface area contributed by atoms with Gasteiger partial charge < -0.3 is 10.2 Å². The second kappa shape index (κ2) is 4.60. The lowest BCUT2D eigenvalue weighted by molar-refractivity contribution is -0.149. The number of nitrogens with zero attached hydrogens (tertiary/aromatic N) is 1. The highest BCUT2D eigenvalue weighted by Crippen LogP contribution is 2.18. The third-order valence-corrected chi connectivity index (χ3v) is 2.98. The van der Waals surface area contributed by atoms with Gasteiger partial charge in [0, 0.05) is 18.2 Å². The number of carbonyl (C=O) groups excluding carboxylic acids is 2. The smallest absolute Gasteiger partial charge is 0.248 e. The Morgan fingerprint density at radius 1 is 1.32 bits per heavy atom. The molecule has 1 aromatic carbocycles. The van der Waals surface area contributed by atoms with Crippen LogP contribution in [0.25, 0.3) is 0 Å². The first kappa shape index (κ1) is 13.5. The highest BCUT2D eigenvalue weighted by molar-refractivity contribution is 5.97. The first-order valence-electron chi connectivity index (χ1n) is 5.84. The van der Waals surface area contributed by atoms with Gasteiger partial charge in [0.2, 0.25) is 11.8 Å². The normalized spacial score (nSPS) is 18.4. The summed E-state index contributed by atoms with van der Waals surface area (Å²) in [6.45, 7) is 2.99. The molecule has 0 unspecified atom stereocenters. The van der Waals surface area contributed by atoms with Gasteiger partial charge >= 0.3 is 0 Å². The fourth-order valence-corrected chi connectivity index (χ4v) is 2.07. The van der Waals surface area contributed by atoms with Crippen LogP contribution in [0.1, 0.15) is 19.4 Å². The fourth-order valence-electron chi connectivity index (χ4n) is 2.07. The summed E-state index contributed by atoms with van der Waals surface area (Å²) in [7, 11) is 0. The predicted molar refractivity (Wildman–Crippen MR) is 64.0 cm³/mol. The standard InChI is InChI=1S/C13H14F2N2O2/c1-13(2)12(19)17(7-11(18)16-13)6-8-3-4-9(14)5-10(8)15/h3-5H,6-7H2,1-2H3,(H,16,18). The molecule has 1 saturated heterocycles. The number of rotatable bonds is 2. The van der Waals surface area contributed by atoms with Crippen molar-refractivity contribution in [3.63, 3.8) is 0 Å².